The van der Waals surface area contributed by atoms with Gasteiger partial charge in [-0.3, -0.25) is 14.6 Å². The van der Waals surface area contributed by atoms with Gasteiger partial charge in [-0.15, -0.1) is 0 Å². The number of guanidine groups is 1. The topological polar surface area (TPSA) is 251 Å². The number of nitrogens with zero attached hydrogens (tertiary/aromatic N) is 1. The molecular weight excluding hydrogens is 626 g/mol. The smallest absolute Gasteiger partial charge is 0.229 e. The number of aromatic hydroxyl groups is 1. The maximum absolute atomic E-state index is 14.4. The van der Waals surface area contributed by atoms with E-state index >= 15 is 0 Å². The monoisotopic (exact) mass is 665 g/mol. The Balaban J connectivity index is 1.46. The molecule has 2 heterocycles. The van der Waals surface area contributed by atoms with E-state index in [4.69, 9.17) is 25.7 Å². The number of carbonyl (C=O) groups is 2. The molecule has 2 aliphatic carbocycles. The van der Waals surface area contributed by atoms with Crippen molar-refractivity contribution in [1.29, 1.82) is 0 Å². The second-order valence-corrected chi connectivity index (χ2v) is 12.2. The van der Waals surface area contributed by atoms with E-state index in [2.05, 4.69) is 15.6 Å². The summed E-state index contributed by atoms with van der Waals surface area (Å²) in [7, 11) is 2.87. The van der Waals surface area contributed by atoms with E-state index in [-0.39, 0.29) is 57.5 Å². The lowest BCUT2D eigenvalue weighted by atomic mass is 9.72. The number of hydrogen-bond acceptors (Lipinski definition) is 13. The van der Waals surface area contributed by atoms with Crippen LogP contribution in [0, 0.1) is 0 Å². The van der Waals surface area contributed by atoms with Gasteiger partial charge in [0.25, 0.3) is 0 Å². The van der Waals surface area contributed by atoms with Crippen LogP contribution in [0.2, 0.25) is 0 Å². The highest BCUT2D eigenvalue weighted by molar-refractivity contribution is 6.30. The van der Waals surface area contributed by atoms with Crippen LogP contribution in [-0.2, 0) is 4.74 Å². The minimum absolute atomic E-state index is 0.00751. The molecule has 2 aliphatic heterocycles. The van der Waals surface area contributed by atoms with Gasteiger partial charge in [0.1, 0.15) is 41.7 Å². The van der Waals surface area contributed by atoms with Crippen molar-refractivity contribution in [1.82, 2.24) is 10.6 Å². The van der Waals surface area contributed by atoms with Gasteiger partial charge in [-0.1, -0.05) is 6.08 Å². The van der Waals surface area contributed by atoms with Crippen LogP contribution in [0.1, 0.15) is 74.2 Å². The van der Waals surface area contributed by atoms with Crippen LogP contribution >= 0.6 is 0 Å². The summed E-state index contributed by atoms with van der Waals surface area (Å²) in [5.41, 5.74) is 13.5. The number of carbonyl (C=O) groups excluding carboxylic acids is 2. The molecule has 6 rings (SSSR count). The summed E-state index contributed by atoms with van der Waals surface area (Å²) in [4.78, 5) is 32.6. The molecule has 0 aromatic heterocycles. The lowest BCUT2D eigenvalue weighted by Crippen LogP contribution is -2.60. The number of dihydropyridines is 1. The van der Waals surface area contributed by atoms with E-state index < -0.39 is 54.9 Å². The van der Waals surface area contributed by atoms with Gasteiger partial charge >= 0.3 is 0 Å². The van der Waals surface area contributed by atoms with Crippen LogP contribution in [0.5, 0.6) is 17.2 Å². The first-order chi connectivity index (χ1) is 23.0. The Morgan fingerprint density at radius 3 is 2.50 bits per heavy atom. The quantitative estimate of drug-likeness (QED) is 0.114. The number of phenols is 1. The molecule has 11 N–H and O–H groups in total. The molecule has 1 fully saturated rings. The third-order valence-electron chi connectivity index (χ3n) is 9.33. The number of phenolic OH excluding ortho intramolecular Hbond substituents is 1. The average molecular weight is 666 g/mol. The Hall–Kier alpha value is -4.51. The molecule has 8 atom stereocenters. The van der Waals surface area contributed by atoms with Crippen molar-refractivity contribution in [3.05, 3.63) is 75.5 Å². The molecule has 15 nitrogen and oxygen atoms in total. The number of aliphatic hydroxyl groups is 4. The number of fused-ring (bicyclic) bond motifs is 3. The first kappa shape index (κ1) is 33.4. The van der Waals surface area contributed by atoms with E-state index in [1.54, 1.807) is 6.07 Å². The van der Waals surface area contributed by atoms with Crippen LogP contribution in [0.4, 0.5) is 0 Å². The molecule has 0 spiro atoms. The molecule has 0 radical (unpaired) electrons. The Morgan fingerprint density at radius 1 is 1.08 bits per heavy atom. The summed E-state index contributed by atoms with van der Waals surface area (Å²) >= 11 is 0. The van der Waals surface area contributed by atoms with E-state index in [9.17, 15) is 35.1 Å². The zero-order valence-electron chi connectivity index (χ0n) is 26.3. The molecule has 0 amide bonds. The van der Waals surface area contributed by atoms with Gasteiger partial charge in [0.15, 0.2) is 11.7 Å². The van der Waals surface area contributed by atoms with E-state index in [0.717, 1.165) is 5.57 Å². The van der Waals surface area contributed by atoms with Crippen LogP contribution in [0.25, 0.3) is 0 Å². The Labute approximate surface area is 275 Å². The molecular formula is C33H39N5O10. The number of rotatable bonds is 7. The molecule has 48 heavy (non-hydrogen) atoms. The molecule has 1 saturated heterocycles. The second-order valence-electron chi connectivity index (χ2n) is 12.2. The number of aliphatic hydroxyl groups excluding tert-OH is 4. The number of nitrogens with two attached hydrogens (primary N) is 2. The Kier molecular flexibility index (Phi) is 9.17. The van der Waals surface area contributed by atoms with E-state index in [1.165, 1.54) is 26.3 Å². The molecule has 1 unspecified atom stereocenters. The molecule has 4 aliphatic rings. The van der Waals surface area contributed by atoms with Crippen LogP contribution in [-0.4, -0.2) is 101 Å². The maximum Gasteiger partial charge on any atom is 0.229 e. The Morgan fingerprint density at radius 2 is 1.83 bits per heavy atom. The fraction of sp³-hybridized carbons (Fsp3) is 0.424. The lowest BCUT2D eigenvalue weighted by molar-refractivity contribution is -0.277. The zero-order valence-corrected chi connectivity index (χ0v) is 26.3. The van der Waals surface area contributed by atoms with Crippen LogP contribution < -0.4 is 31.6 Å². The lowest BCUT2D eigenvalue weighted by Gasteiger charge is -2.40. The third kappa shape index (κ3) is 5.78. The van der Waals surface area contributed by atoms with Crippen LogP contribution in [0.15, 0.2) is 47.1 Å². The molecule has 2 aromatic carbocycles. The van der Waals surface area contributed by atoms with Crippen molar-refractivity contribution in [3.63, 3.8) is 0 Å². The van der Waals surface area contributed by atoms with Crippen LogP contribution in [0.3, 0.4) is 0 Å². The summed E-state index contributed by atoms with van der Waals surface area (Å²) < 4.78 is 16.8. The fourth-order valence-corrected chi connectivity index (χ4v) is 6.80. The average Bonchev–Trinajstić information content (AvgIpc) is 3.08. The van der Waals surface area contributed by atoms with E-state index in [1.807, 2.05) is 18.4 Å². The van der Waals surface area contributed by atoms with Gasteiger partial charge in [-0.25, -0.2) is 0 Å². The van der Waals surface area contributed by atoms with Gasteiger partial charge < -0.3 is 61.8 Å². The summed E-state index contributed by atoms with van der Waals surface area (Å²) in [6, 6.07) is 3.80. The van der Waals surface area contributed by atoms with Crippen molar-refractivity contribution in [2.75, 3.05) is 20.8 Å². The highest BCUT2D eigenvalue weighted by Crippen LogP contribution is 2.50. The summed E-state index contributed by atoms with van der Waals surface area (Å²) in [6.07, 6.45) is -1.06. The van der Waals surface area contributed by atoms with Gasteiger partial charge in [0, 0.05) is 36.0 Å². The molecule has 0 saturated carbocycles. The largest absolute Gasteiger partial charge is 0.507 e. The summed E-state index contributed by atoms with van der Waals surface area (Å²) in [5.74, 6) is -1.82. The fourth-order valence-electron chi connectivity index (χ4n) is 6.80. The number of ketones is 2. The highest BCUT2D eigenvalue weighted by atomic mass is 16.7. The van der Waals surface area contributed by atoms with Crippen molar-refractivity contribution in [2.45, 2.75) is 68.1 Å². The molecule has 0 bridgehead atoms. The van der Waals surface area contributed by atoms with Gasteiger partial charge in [-0.05, 0) is 54.5 Å². The number of hydrogen-bond donors (Lipinski definition) is 9. The normalized spacial score (nSPS) is 29.6. The molecule has 2 aromatic rings. The number of ether oxygens (including phenoxy) is 3. The van der Waals surface area contributed by atoms with Crippen molar-refractivity contribution < 1.29 is 49.3 Å². The predicted octanol–water partition coefficient (Wildman–Crippen LogP) is -0.474. The highest BCUT2D eigenvalue weighted by Gasteiger charge is 2.46. The second kappa shape index (κ2) is 13.2. The first-order valence-electron chi connectivity index (χ1n) is 15.5. The molecule has 15 heteroatoms. The van der Waals surface area contributed by atoms with E-state index in [0.29, 0.717) is 30.4 Å². The van der Waals surface area contributed by atoms with Gasteiger partial charge in [0.2, 0.25) is 12.1 Å². The molecule has 256 valence electrons. The summed E-state index contributed by atoms with van der Waals surface area (Å²) in [6.45, 7) is -0.703. The zero-order chi connectivity index (χ0) is 34.4. The first-order valence-corrected chi connectivity index (χ1v) is 15.5. The number of aliphatic imine (C=N–C) groups is 1. The van der Waals surface area contributed by atoms with Crippen molar-refractivity contribution >= 4 is 17.5 Å². The minimum Gasteiger partial charge on any atom is -0.507 e. The van der Waals surface area contributed by atoms with Gasteiger partial charge in [-0.2, -0.15) is 0 Å². The SMILES string of the molecule is CN=C(N)N[C@H]1CC[C@@H](CC2=CNC(N)C=C2)c2cc3c(c(O)c21)C(=O)c1c(O[C@@H]2O[C@H](CO)[C@@H](O)[C@H](O)[C@H]2O)cc(OC)cc1C3=O. The Bertz CT molecular complexity index is 1720. The maximum atomic E-state index is 14.4. The number of nitrogens with one attached hydrogen (secondary N) is 2. The number of benzene rings is 2. The van der Waals surface area contributed by atoms with Crippen molar-refractivity contribution in [2.24, 2.45) is 16.5 Å². The minimum atomic E-state index is -1.79. The standard InChI is InChI=1S/C33H39N5O10/c1-36-33(35)38-19-5-4-14(7-13-3-6-22(34)37-11-13)16-10-18-25(28(42)23(16)19)29(43)24-17(26(18)40)8-15(46-2)9-20(24)47-32-31(45)30(44)27(41)21(12-39)48-32/h3,6,8-11,14,19,21-22,27,30-32,37,39,41-42,44-45H,4-5,7,12,34H2,1-2H3,(H3,35,36,38)/t14-,19-,21+,22?,27+,30-,31+,32+/m0/s1. The van der Waals surface area contributed by atoms with Crippen molar-refractivity contribution in [3.8, 4) is 17.2 Å². The third-order valence-corrected chi connectivity index (χ3v) is 9.33. The van der Waals surface area contributed by atoms with Gasteiger partial charge in [0.05, 0.1) is 37.1 Å². The predicted molar refractivity (Wildman–Crippen MR) is 171 cm³/mol. The number of allylic oxidation sites excluding steroid dienone is 2. The number of methoxy groups -OCH3 is 1. The summed E-state index contributed by atoms with van der Waals surface area (Å²) in [5, 5.41) is 58.9.